The number of nitrogens with one attached hydrogen (secondary N) is 1. The summed E-state index contributed by atoms with van der Waals surface area (Å²) in [6.45, 7) is 1.93. The fraction of sp³-hybridized carbons (Fsp3) is 0.350. The van der Waals surface area contributed by atoms with E-state index in [2.05, 4.69) is 5.32 Å². The molecule has 2 aliphatic rings. The molecule has 4 rings (SSSR count). The Bertz CT molecular complexity index is 866. The number of amides is 3. The number of benzene rings is 1. The van der Waals surface area contributed by atoms with Gasteiger partial charge in [-0.25, -0.2) is 4.79 Å². The van der Waals surface area contributed by atoms with Gasteiger partial charge in [0, 0.05) is 18.8 Å². The maximum atomic E-state index is 12.7. The lowest BCUT2D eigenvalue weighted by Gasteiger charge is -2.23. The van der Waals surface area contributed by atoms with Gasteiger partial charge in [0.25, 0.3) is 5.91 Å². The van der Waals surface area contributed by atoms with Crippen molar-refractivity contribution < 1.29 is 19.1 Å². The molecule has 0 radical (unpaired) electrons. The molecule has 28 heavy (non-hydrogen) atoms. The van der Waals surface area contributed by atoms with Crippen LogP contribution >= 0.6 is 11.3 Å². The number of carbonyl (C=O) groups is 3. The molecule has 2 aromatic rings. The molecular weight excluding hydrogens is 378 g/mol. The third-order valence-electron chi connectivity index (χ3n) is 5.02. The molecule has 2 fully saturated rings. The number of thiophene rings is 1. The van der Waals surface area contributed by atoms with E-state index in [0.717, 1.165) is 17.7 Å². The van der Waals surface area contributed by atoms with Gasteiger partial charge in [-0.1, -0.05) is 18.2 Å². The summed E-state index contributed by atoms with van der Waals surface area (Å²) in [4.78, 5) is 40.8. The summed E-state index contributed by atoms with van der Waals surface area (Å²) in [6, 6.07) is 10.7. The Hall–Kier alpha value is -2.87. The van der Waals surface area contributed by atoms with E-state index in [9.17, 15) is 14.4 Å². The van der Waals surface area contributed by atoms with Crippen LogP contribution in [0.5, 0.6) is 0 Å². The molecule has 0 bridgehead atoms. The molecule has 8 heteroatoms. The highest BCUT2D eigenvalue weighted by molar-refractivity contribution is 7.12. The van der Waals surface area contributed by atoms with E-state index < -0.39 is 6.04 Å². The summed E-state index contributed by atoms with van der Waals surface area (Å²) < 4.78 is 4.94. The van der Waals surface area contributed by atoms with E-state index in [4.69, 9.17) is 4.74 Å². The monoisotopic (exact) mass is 399 g/mol. The van der Waals surface area contributed by atoms with Gasteiger partial charge < -0.3 is 15.0 Å². The van der Waals surface area contributed by atoms with Crippen LogP contribution in [0.3, 0.4) is 0 Å². The van der Waals surface area contributed by atoms with Gasteiger partial charge in [0.1, 0.15) is 12.6 Å². The molecule has 1 aromatic heterocycles. The van der Waals surface area contributed by atoms with Crippen LogP contribution in [0.2, 0.25) is 0 Å². The number of nitrogens with zero attached hydrogens (tertiary/aromatic N) is 2. The molecule has 7 nitrogen and oxygen atoms in total. The van der Waals surface area contributed by atoms with Crippen LogP contribution in [0.1, 0.15) is 28.1 Å². The number of hydrogen-bond acceptors (Lipinski definition) is 5. The highest BCUT2D eigenvalue weighted by Gasteiger charge is 2.34. The van der Waals surface area contributed by atoms with Gasteiger partial charge in [0.05, 0.1) is 11.4 Å². The van der Waals surface area contributed by atoms with Gasteiger partial charge in [-0.05, 0) is 42.0 Å². The maximum absolute atomic E-state index is 12.7. The van der Waals surface area contributed by atoms with Gasteiger partial charge in [-0.3, -0.25) is 14.5 Å². The molecule has 1 N–H and O–H groups in total. The van der Waals surface area contributed by atoms with Crippen LogP contribution < -0.4 is 10.2 Å². The first-order chi connectivity index (χ1) is 13.6. The summed E-state index contributed by atoms with van der Waals surface area (Å²) in [5.41, 5.74) is 1.71. The second-order valence-corrected chi connectivity index (χ2v) is 7.73. The number of anilines is 1. The summed E-state index contributed by atoms with van der Waals surface area (Å²) in [5, 5.41) is 4.80. The number of cyclic esters (lactones) is 1. The van der Waals surface area contributed by atoms with Gasteiger partial charge >= 0.3 is 6.09 Å². The number of ether oxygens (including phenoxy) is 1. The molecule has 2 saturated heterocycles. The van der Waals surface area contributed by atoms with Gasteiger partial charge in [-0.2, -0.15) is 0 Å². The molecule has 2 aliphatic heterocycles. The molecule has 0 saturated carbocycles. The Kier molecular flexibility index (Phi) is 5.29. The Morgan fingerprint density at radius 2 is 2.00 bits per heavy atom. The van der Waals surface area contributed by atoms with Crippen molar-refractivity contribution in [2.24, 2.45) is 0 Å². The minimum atomic E-state index is -0.423. The molecule has 3 amide bonds. The third kappa shape index (κ3) is 3.73. The van der Waals surface area contributed by atoms with Crippen LogP contribution in [0.15, 0.2) is 41.8 Å². The van der Waals surface area contributed by atoms with E-state index in [1.54, 1.807) is 15.9 Å². The molecule has 146 valence electrons. The SMILES string of the molecule is O=C(NCc1ccc(N2CCOC2=O)cc1)[C@@H]1CCCN1C(=O)c1cccs1. The number of carbonyl (C=O) groups excluding carboxylic acids is 3. The van der Waals surface area contributed by atoms with E-state index in [1.807, 2.05) is 35.7 Å². The van der Waals surface area contributed by atoms with E-state index in [-0.39, 0.29) is 17.9 Å². The zero-order chi connectivity index (χ0) is 19.5. The smallest absolute Gasteiger partial charge is 0.414 e. The molecule has 1 aromatic carbocycles. The zero-order valence-corrected chi connectivity index (χ0v) is 16.1. The van der Waals surface area contributed by atoms with Gasteiger partial charge in [0.15, 0.2) is 0 Å². The Balaban J connectivity index is 1.34. The molecule has 0 spiro atoms. The Morgan fingerprint density at radius 1 is 1.18 bits per heavy atom. The quantitative estimate of drug-likeness (QED) is 0.838. The fourth-order valence-electron chi connectivity index (χ4n) is 3.55. The molecule has 0 aliphatic carbocycles. The molecular formula is C20H21N3O4S. The van der Waals surface area contributed by atoms with Crippen molar-refractivity contribution in [3.8, 4) is 0 Å². The second-order valence-electron chi connectivity index (χ2n) is 6.78. The number of likely N-dealkylation sites (tertiary alicyclic amines) is 1. The van der Waals surface area contributed by atoms with Crippen LogP contribution in [-0.2, 0) is 16.1 Å². The average Bonchev–Trinajstić information content (AvgIpc) is 3.47. The fourth-order valence-corrected chi connectivity index (χ4v) is 4.23. The van der Waals surface area contributed by atoms with Crippen molar-refractivity contribution in [2.45, 2.75) is 25.4 Å². The number of hydrogen-bond donors (Lipinski definition) is 1. The topological polar surface area (TPSA) is 79.0 Å². The van der Waals surface area contributed by atoms with Gasteiger partial charge in [-0.15, -0.1) is 11.3 Å². The second kappa shape index (κ2) is 8.02. The first-order valence-corrected chi connectivity index (χ1v) is 10.2. The van der Waals surface area contributed by atoms with Crippen molar-refractivity contribution in [3.63, 3.8) is 0 Å². The minimum absolute atomic E-state index is 0.0745. The zero-order valence-electron chi connectivity index (χ0n) is 15.3. The van der Waals surface area contributed by atoms with Crippen LogP contribution in [0, 0.1) is 0 Å². The predicted octanol–water partition coefficient (Wildman–Crippen LogP) is 2.63. The van der Waals surface area contributed by atoms with Crippen LogP contribution in [0.4, 0.5) is 10.5 Å². The van der Waals surface area contributed by atoms with E-state index in [1.165, 1.54) is 11.3 Å². The summed E-state index contributed by atoms with van der Waals surface area (Å²) in [7, 11) is 0. The summed E-state index contributed by atoms with van der Waals surface area (Å²) >= 11 is 1.39. The van der Waals surface area contributed by atoms with Crippen LogP contribution in [-0.4, -0.2) is 48.5 Å². The first-order valence-electron chi connectivity index (χ1n) is 9.29. The lowest BCUT2D eigenvalue weighted by Crippen LogP contribution is -2.45. The summed E-state index contributed by atoms with van der Waals surface area (Å²) in [5.74, 6) is -0.205. The number of rotatable bonds is 5. The van der Waals surface area contributed by atoms with Gasteiger partial charge in [0.2, 0.25) is 5.91 Å². The van der Waals surface area contributed by atoms with Crippen molar-refractivity contribution >= 4 is 34.9 Å². The Labute approximate surface area is 166 Å². The minimum Gasteiger partial charge on any atom is -0.447 e. The molecule has 1 atom stereocenters. The lowest BCUT2D eigenvalue weighted by molar-refractivity contribution is -0.125. The van der Waals surface area contributed by atoms with Crippen molar-refractivity contribution in [3.05, 3.63) is 52.2 Å². The largest absolute Gasteiger partial charge is 0.447 e. The van der Waals surface area contributed by atoms with Crippen molar-refractivity contribution in [1.82, 2.24) is 10.2 Å². The van der Waals surface area contributed by atoms with Crippen LogP contribution in [0.25, 0.3) is 0 Å². The summed E-state index contributed by atoms with van der Waals surface area (Å²) in [6.07, 6.45) is 1.17. The van der Waals surface area contributed by atoms with E-state index in [0.29, 0.717) is 37.5 Å². The normalized spacial score (nSPS) is 19.0. The highest BCUT2D eigenvalue weighted by Crippen LogP contribution is 2.23. The first kappa shape index (κ1) is 18.5. The van der Waals surface area contributed by atoms with E-state index >= 15 is 0 Å². The molecule has 3 heterocycles. The standard InChI is InChI=1S/C20H21N3O4S/c24-18(16-3-1-9-23(16)19(25)17-4-2-12-28-17)21-13-14-5-7-15(8-6-14)22-10-11-27-20(22)26/h2,4-8,12,16H,1,3,9-11,13H2,(H,21,24)/t16-/m0/s1. The maximum Gasteiger partial charge on any atom is 0.414 e. The average molecular weight is 399 g/mol. The predicted molar refractivity (Wildman–Crippen MR) is 105 cm³/mol. The van der Waals surface area contributed by atoms with Crippen molar-refractivity contribution in [2.75, 3.05) is 24.6 Å². The van der Waals surface area contributed by atoms with Crippen molar-refractivity contribution in [1.29, 1.82) is 0 Å². The lowest BCUT2D eigenvalue weighted by atomic mass is 10.1. The Morgan fingerprint density at radius 3 is 2.68 bits per heavy atom. The molecule has 0 unspecified atom stereocenters. The third-order valence-corrected chi connectivity index (χ3v) is 5.88. The highest BCUT2D eigenvalue weighted by atomic mass is 32.1.